The Balaban J connectivity index is 1.33. The van der Waals surface area contributed by atoms with Crippen LogP contribution in [0.1, 0.15) is 77.2 Å². The van der Waals surface area contributed by atoms with Gasteiger partial charge in [-0.1, -0.05) is 31.9 Å². The molecule has 8 heteroatoms. The molecule has 2 aliphatic heterocycles. The highest BCUT2D eigenvalue weighted by molar-refractivity contribution is 7.80. The zero-order chi connectivity index (χ0) is 25.8. The van der Waals surface area contributed by atoms with E-state index in [1.165, 1.54) is 50.5 Å². The average molecular weight is 525 g/mol. The topological polar surface area (TPSA) is 56.3 Å². The van der Waals surface area contributed by atoms with Crippen LogP contribution in [0.2, 0.25) is 0 Å². The Morgan fingerprint density at radius 3 is 2.49 bits per heavy atom. The Hall–Kier alpha value is -2.48. The number of hydrogen-bond donors (Lipinski definition) is 2. The van der Waals surface area contributed by atoms with Gasteiger partial charge < -0.3 is 20.4 Å². The van der Waals surface area contributed by atoms with Gasteiger partial charge in [0.05, 0.1) is 0 Å². The van der Waals surface area contributed by atoms with Crippen molar-refractivity contribution in [3.05, 3.63) is 41.7 Å². The molecule has 2 saturated heterocycles. The Morgan fingerprint density at radius 1 is 1.00 bits per heavy atom. The summed E-state index contributed by atoms with van der Waals surface area (Å²) in [4.78, 5) is 14.7. The maximum Gasteiger partial charge on any atom is 0.232 e. The zero-order valence-corrected chi connectivity index (χ0v) is 23.1. The van der Waals surface area contributed by atoms with Gasteiger partial charge in [0.1, 0.15) is 17.5 Å². The van der Waals surface area contributed by atoms with Crippen molar-refractivity contribution in [2.45, 2.75) is 83.1 Å². The Morgan fingerprint density at radius 2 is 1.76 bits per heavy atom. The summed E-state index contributed by atoms with van der Waals surface area (Å²) in [5.74, 6) is 3.00. The quantitative estimate of drug-likeness (QED) is 0.448. The minimum Gasteiger partial charge on any atom is -0.361 e. The molecule has 2 atom stereocenters. The summed E-state index contributed by atoms with van der Waals surface area (Å²) in [6, 6.07) is 9.62. The van der Waals surface area contributed by atoms with Gasteiger partial charge in [-0.05, 0) is 87.7 Å². The maximum absolute atomic E-state index is 13.6. The lowest BCUT2D eigenvalue weighted by Crippen LogP contribution is -2.41. The molecule has 1 aromatic heterocycles. The van der Waals surface area contributed by atoms with E-state index < -0.39 is 0 Å². The van der Waals surface area contributed by atoms with Crippen LogP contribution < -0.4 is 20.4 Å². The summed E-state index contributed by atoms with van der Waals surface area (Å²) in [6.45, 7) is 8.39. The van der Waals surface area contributed by atoms with Gasteiger partial charge >= 0.3 is 0 Å². The van der Waals surface area contributed by atoms with E-state index >= 15 is 0 Å². The van der Waals surface area contributed by atoms with Crippen molar-refractivity contribution >= 4 is 34.9 Å². The van der Waals surface area contributed by atoms with E-state index in [2.05, 4.69) is 40.3 Å². The summed E-state index contributed by atoms with van der Waals surface area (Å²) in [7, 11) is 0. The molecular formula is C29H41FN6S. The molecular weight excluding hydrogens is 483 g/mol. The van der Waals surface area contributed by atoms with Crippen LogP contribution in [0.25, 0.3) is 0 Å². The minimum atomic E-state index is -0.194. The first-order valence-electron chi connectivity index (χ1n) is 14.1. The SMILES string of the molecule is C[C@@H]1CCCN(c2cc(N3CCCC[C@@H]3C)nc(NC(=S)NCC3(c4ccc(F)cc4)CCCC3)n2)C1. The van der Waals surface area contributed by atoms with Crippen molar-refractivity contribution in [3.63, 3.8) is 0 Å². The van der Waals surface area contributed by atoms with E-state index in [1.807, 2.05) is 12.1 Å². The molecule has 0 amide bonds. The van der Waals surface area contributed by atoms with Crippen LogP contribution in [-0.2, 0) is 5.41 Å². The van der Waals surface area contributed by atoms with Crippen molar-refractivity contribution in [1.29, 1.82) is 0 Å². The highest BCUT2D eigenvalue weighted by atomic mass is 32.1. The standard InChI is InChI=1S/C29H41FN6S/c1-21-8-7-16-35(19-21)25-18-26(36-17-6-3-9-22(36)2)33-27(32-25)34-28(37)31-20-29(14-4-5-15-29)23-10-12-24(30)13-11-23/h10-13,18,21-22H,3-9,14-17,19-20H2,1-2H3,(H2,31,32,33,34,37)/t21-,22+/m1/s1. The molecule has 3 fully saturated rings. The molecule has 0 radical (unpaired) electrons. The molecule has 0 spiro atoms. The number of nitrogens with zero attached hydrogens (tertiary/aromatic N) is 4. The summed E-state index contributed by atoms with van der Waals surface area (Å²) in [6.07, 6.45) is 10.6. The van der Waals surface area contributed by atoms with Crippen molar-refractivity contribution < 1.29 is 4.39 Å². The fourth-order valence-electron chi connectivity index (χ4n) is 6.44. The van der Waals surface area contributed by atoms with Gasteiger partial charge in [-0.2, -0.15) is 9.97 Å². The summed E-state index contributed by atoms with van der Waals surface area (Å²) < 4.78 is 13.6. The van der Waals surface area contributed by atoms with Crippen molar-refractivity contribution in [2.75, 3.05) is 41.3 Å². The predicted molar refractivity (Wildman–Crippen MR) is 154 cm³/mol. The third-order valence-corrected chi connectivity index (χ3v) is 8.85. The number of rotatable bonds is 6. The molecule has 5 rings (SSSR count). The minimum absolute atomic E-state index is 0.0273. The van der Waals surface area contributed by atoms with Crippen LogP contribution in [0.15, 0.2) is 30.3 Å². The molecule has 2 aromatic rings. The van der Waals surface area contributed by atoms with E-state index in [-0.39, 0.29) is 11.2 Å². The van der Waals surface area contributed by atoms with E-state index in [4.69, 9.17) is 22.2 Å². The molecule has 1 saturated carbocycles. The number of aromatic nitrogens is 2. The fourth-order valence-corrected chi connectivity index (χ4v) is 6.60. The third-order valence-electron chi connectivity index (χ3n) is 8.61. The maximum atomic E-state index is 13.6. The van der Waals surface area contributed by atoms with E-state index in [9.17, 15) is 4.39 Å². The van der Waals surface area contributed by atoms with Gasteiger partial charge in [0, 0.05) is 43.7 Å². The summed E-state index contributed by atoms with van der Waals surface area (Å²) in [5, 5.41) is 7.31. The van der Waals surface area contributed by atoms with Crippen LogP contribution >= 0.6 is 12.2 Å². The second kappa shape index (κ2) is 11.5. The van der Waals surface area contributed by atoms with E-state index in [1.54, 1.807) is 12.1 Å². The molecule has 3 heterocycles. The Kier molecular flexibility index (Phi) is 8.12. The van der Waals surface area contributed by atoms with Gasteiger partial charge in [-0.25, -0.2) is 4.39 Å². The molecule has 2 N–H and O–H groups in total. The number of thiocarbonyl (C=S) groups is 1. The second-order valence-electron chi connectivity index (χ2n) is 11.4. The lowest BCUT2D eigenvalue weighted by atomic mass is 9.79. The Bertz CT molecular complexity index is 1070. The van der Waals surface area contributed by atoms with Gasteiger partial charge in [0.15, 0.2) is 5.11 Å². The number of anilines is 3. The monoisotopic (exact) mass is 524 g/mol. The van der Waals surface area contributed by atoms with Gasteiger partial charge in [-0.15, -0.1) is 0 Å². The summed E-state index contributed by atoms with van der Waals surface area (Å²) >= 11 is 5.74. The van der Waals surface area contributed by atoms with Gasteiger partial charge in [0.25, 0.3) is 0 Å². The molecule has 37 heavy (non-hydrogen) atoms. The normalized spacial score (nSPS) is 23.6. The highest BCUT2D eigenvalue weighted by Crippen LogP contribution is 2.40. The van der Waals surface area contributed by atoms with Gasteiger partial charge in [-0.3, -0.25) is 0 Å². The van der Waals surface area contributed by atoms with E-state index in [0.29, 0.717) is 29.6 Å². The molecule has 0 unspecified atom stereocenters. The molecule has 200 valence electrons. The molecule has 3 aliphatic rings. The van der Waals surface area contributed by atoms with Crippen LogP contribution in [0, 0.1) is 11.7 Å². The molecule has 6 nitrogen and oxygen atoms in total. The number of nitrogens with one attached hydrogen (secondary N) is 2. The number of benzene rings is 1. The number of halogens is 1. The van der Waals surface area contributed by atoms with Crippen molar-refractivity contribution in [2.24, 2.45) is 5.92 Å². The highest BCUT2D eigenvalue weighted by Gasteiger charge is 2.35. The molecule has 0 bridgehead atoms. The molecule has 1 aliphatic carbocycles. The smallest absolute Gasteiger partial charge is 0.232 e. The molecule has 1 aromatic carbocycles. The lowest BCUT2D eigenvalue weighted by molar-refractivity contribution is 0.434. The van der Waals surface area contributed by atoms with Crippen molar-refractivity contribution in [3.8, 4) is 0 Å². The zero-order valence-electron chi connectivity index (χ0n) is 22.3. The van der Waals surface area contributed by atoms with Crippen LogP contribution in [0.3, 0.4) is 0 Å². The largest absolute Gasteiger partial charge is 0.361 e. The fraction of sp³-hybridized carbons (Fsp3) is 0.621. The second-order valence-corrected chi connectivity index (χ2v) is 11.8. The average Bonchev–Trinajstić information content (AvgIpc) is 3.38. The number of piperidine rings is 2. The van der Waals surface area contributed by atoms with Crippen LogP contribution in [-0.4, -0.2) is 47.3 Å². The first-order valence-corrected chi connectivity index (χ1v) is 14.5. The van der Waals surface area contributed by atoms with Crippen LogP contribution in [0.5, 0.6) is 0 Å². The Labute approximate surface area is 226 Å². The van der Waals surface area contributed by atoms with Gasteiger partial charge in [0.2, 0.25) is 5.95 Å². The summed E-state index contributed by atoms with van der Waals surface area (Å²) in [5.41, 5.74) is 1.15. The van der Waals surface area contributed by atoms with Crippen LogP contribution in [0.4, 0.5) is 22.0 Å². The first kappa shape index (κ1) is 26.1. The first-order chi connectivity index (χ1) is 17.9. The predicted octanol–water partition coefficient (Wildman–Crippen LogP) is 6.03. The number of hydrogen-bond acceptors (Lipinski definition) is 5. The van der Waals surface area contributed by atoms with Crippen molar-refractivity contribution in [1.82, 2.24) is 15.3 Å². The third kappa shape index (κ3) is 6.16. The van der Waals surface area contributed by atoms with E-state index in [0.717, 1.165) is 44.1 Å². The lowest BCUT2D eigenvalue weighted by Gasteiger charge is -2.36.